The van der Waals surface area contributed by atoms with Gasteiger partial charge >= 0.3 is 5.97 Å². The Hall–Kier alpha value is -1.33. The lowest BCUT2D eigenvalue weighted by Crippen LogP contribution is -2.15. The molecule has 0 atom stereocenters. The van der Waals surface area contributed by atoms with Crippen molar-refractivity contribution < 1.29 is 14.6 Å². The monoisotopic (exact) mass is 241 g/mol. The molecule has 1 aromatic rings. The zero-order valence-corrected chi connectivity index (χ0v) is 9.76. The summed E-state index contributed by atoms with van der Waals surface area (Å²) >= 11 is 1.46. The van der Waals surface area contributed by atoms with Gasteiger partial charge in [0.25, 0.3) is 0 Å². The first-order valence-corrected chi connectivity index (χ1v) is 5.86. The Morgan fingerprint density at radius 2 is 2.50 bits per heavy atom. The summed E-state index contributed by atoms with van der Waals surface area (Å²) in [5.74, 6) is -0.873. The fourth-order valence-corrected chi connectivity index (χ4v) is 1.99. The number of carboxylic acids is 1. The molecular weight excluding hydrogens is 226 g/mol. The Balaban J connectivity index is 2.16. The molecule has 0 aromatic carbocycles. The second-order valence-corrected chi connectivity index (χ2v) is 4.17. The smallest absolute Gasteiger partial charge is 0.336 e. The molecule has 0 radical (unpaired) electrons. The molecular formula is C11H15NO3S. The standard InChI is InChI=1S/C11H15NO3S/c1-2-15-5-3-4-12-7-10-6-9(8-16-10)11(13)14/h2,6,8,12H,1,3-5,7H2,(H,13,14). The minimum absolute atomic E-state index is 0.358. The molecule has 2 N–H and O–H groups in total. The average Bonchev–Trinajstić information content (AvgIpc) is 2.72. The van der Waals surface area contributed by atoms with Crippen LogP contribution in [0.1, 0.15) is 21.7 Å². The van der Waals surface area contributed by atoms with Crippen LogP contribution >= 0.6 is 11.3 Å². The number of ether oxygens (including phenoxy) is 1. The van der Waals surface area contributed by atoms with Gasteiger partial charge in [-0.1, -0.05) is 6.58 Å². The fourth-order valence-electron chi connectivity index (χ4n) is 1.16. The Morgan fingerprint density at radius 1 is 1.69 bits per heavy atom. The Bertz CT molecular complexity index is 349. The van der Waals surface area contributed by atoms with Gasteiger partial charge in [0, 0.05) is 16.8 Å². The fraction of sp³-hybridized carbons (Fsp3) is 0.364. The predicted octanol–water partition coefficient (Wildman–Crippen LogP) is 2.09. The quantitative estimate of drug-likeness (QED) is 0.540. The summed E-state index contributed by atoms with van der Waals surface area (Å²) in [6, 6.07) is 1.69. The molecule has 1 aromatic heterocycles. The van der Waals surface area contributed by atoms with Crippen molar-refractivity contribution in [1.82, 2.24) is 5.32 Å². The molecule has 0 aliphatic rings. The van der Waals surface area contributed by atoms with E-state index in [-0.39, 0.29) is 0 Å². The third-order valence-electron chi connectivity index (χ3n) is 1.93. The van der Waals surface area contributed by atoms with Crippen molar-refractivity contribution in [3.05, 3.63) is 34.7 Å². The van der Waals surface area contributed by atoms with Crippen molar-refractivity contribution in [2.24, 2.45) is 0 Å². The first kappa shape index (κ1) is 12.7. The second-order valence-electron chi connectivity index (χ2n) is 3.17. The van der Waals surface area contributed by atoms with Crippen LogP contribution in [-0.4, -0.2) is 24.2 Å². The van der Waals surface area contributed by atoms with Gasteiger partial charge in [-0.05, 0) is 19.0 Å². The summed E-state index contributed by atoms with van der Waals surface area (Å²) in [4.78, 5) is 11.7. The van der Waals surface area contributed by atoms with Gasteiger partial charge < -0.3 is 15.2 Å². The molecule has 0 bridgehead atoms. The largest absolute Gasteiger partial charge is 0.502 e. The Labute approximate surface area is 98.6 Å². The molecule has 0 aliphatic carbocycles. The molecule has 0 unspecified atom stereocenters. The van der Waals surface area contributed by atoms with Crippen LogP contribution in [0.2, 0.25) is 0 Å². The number of rotatable bonds is 8. The highest BCUT2D eigenvalue weighted by Gasteiger charge is 2.05. The average molecular weight is 241 g/mol. The molecule has 4 nitrogen and oxygen atoms in total. The van der Waals surface area contributed by atoms with E-state index in [0.717, 1.165) is 17.8 Å². The highest BCUT2D eigenvalue weighted by Crippen LogP contribution is 2.14. The van der Waals surface area contributed by atoms with Crippen molar-refractivity contribution in [3.8, 4) is 0 Å². The lowest BCUT2D eigenvalue weighted by Gasteiger charge is -2.02. The second kappa shape index (κ2) is 7.03. The van der Waals surface area contributed by atoms with Crippen molar-refractivity contribution in [2.45, 2.75) is 13.0 Å². The van der Waals surface area contributed by atoms with Crippen LogP contribution in [0.15, 0.2) is 24.3 Å². The van der Waals surface area contributed by atoms with Gasteiger partial charge in [-0.25, -0.2) is 4.79 Å². The zero-order chi connectivity index (χ0) is 11.8. The first-order valence-electron chi connectivity index (χ1n) is 4.98. The molecule has 0 aliphatic heterocycles. The van der Waals surface area contributed by atoms with E-state index in [1.54, 1.807) is 11.4 Å². The third-order valence-corrected chi connectivity index (χ3v) is 2.87. The van der Waals surface area contributed by atoms with Crippen LogP contribution in [0.3, 0.4) is 0 Å². The Kier molecular flexibility index (Phi) is 5.60. The maximum Gasteiger partial charge on any atom is 0.336 e. The van der Waals surface area contributed by atoms with Gasteiger partial charge in [-0.3, -0.25) is 0 Å². The van der Waals surface area contributed by atoms with Gasteiger partial charge in [-0.15, -0.1) is 11.3 Å². The number of nitrogens with one attached hydrogen (secondary N) is 1. The van der Waals surface area contributed by atoms with Crippen LogP contribution in [0.25, 0.3) is 0 Å². The third kappa shape index (κ3) is 4.46. The van der Waals surface area contributed by atoms with Crippen LogP contribution in [-0.2, 0) is 11.3 Å². The minimum atomic E-state index is -0.873. The lowest BCUT2D eigenvalue weighted by atomic mass is 10.3. The normalized spacial score (nSPS) is 10.0. The molecule has 1 heterocycles. The molecule has 88 valence electrons. The number of hydrogen-bond donors (Lipinski definition) is 2. The number of aromatic carboxylic acids is 1. The SMILES string of the molecule is C=COCCCNCc1cc(C(=O)O)cs1. The van der Waals surface area contributed by atoms with E-state index in [0.29, 0.717) is 18.7 Å². The van der Waals surface area contributed by atoms with E-state index in [9.17, 15) is 4.79 Å². The molecule has 5 heteroatoms. The summed E-state index contributed by atoms with van der Waals surface area (Å²) in [6.07, 6.45) is 2.33. The van der Waals surface area contributed by atoms with E-state index in [1.165, 1.54) is 17.6 Å². The summed E-state index contributed by atoms with van der Waals surface area (Å²) in [5.41, 5.74) is 0.358. The van der Waals surface area contributed by atoms with Gasteiger partial charge in [0.05, 0.1) is 18.4 Å². The highest BCUT2D eigenvalue weighted by atomic mass is 32.1. The zero-order valence-electron chi connectivity index (χ0n) is 8.94. The van der Waals surface area contributed by atoms with Gasteiger partial charge in [0.1, 0.15) is 0 Å². The number of carbonyl (C=O) groups is 1. The number of carboxylic acid groups (broad SMARTS) is 1. The maximum atomic E-state index is 10.6. The highest BCUT2D eigenvalue weighted by molar-refractivity contribution is 7.10. The van der Waals surface area contributed by atoms with Crippen LogP contribution < -0.4 is 5.32 Å². The summed E-state index contributed by atoms with van der Waals surface area (Å²) in [7, 11) is 0. The summed E-state index contributed by atoms with van der Waals surface area (Å²) in [5, 5.41) is 13.6. The molecule has 0 saturated heterocycles. The van der Waals surface area contributed by atoms with Gasteiger partial charge in [-0.2, -0.15) is 0 Å². The lowest BCUT2D eigenvalue weighted by molar-refractivity contribution is 0.0697. The van der Waals surface area contributed by atoms with Crippen molar-refractivity contribution >= 4 is 17.3 Å². The molecule has 0 fully saturated rings. The first-order chi connectivity index (χ1) is 7.74. The topological polar surface area (TPSA) is 58.6 Å². The van der Waals surface area contributed by atoms with Gasteiger partial charge in [0.15, 0.2) is 0 Å². The minimum Gasteiger partial charge on any atom is -0.502 e. The van der Waals surface area contributed by atoms with Crippen LogP contribution in [0, 0.1) is 0 Å². The molecule has 16 heavy (non-hydrogen) atoms. The van der Waals surface area contributed by atoms with E-state index in [1.807, 2.05) is 0 Å². The molecule has 0 amide bonds. The van der Waals surface area contributed by atoms with Crippen molar-refractivity contribution in [2.75, 3.05) is 13.2 Å². The van der Waals surface area contributed by atoms with Crippen molar-refractivity contribution in [1.29, 1.82) is 0 Å². The van der Waals surface area contributed by atoms with E-state index < -0.39 is 5.97 Å². The maximum absolute atomic E-state index is 10.6. The molecule has 0 saturated carbocycles. The van der Waals surface area contributed by atoms with Crippen molar-refractivity contribution in [3.63, 3.8) is 0 Å². The summed E-state index contributed by atoms with van der Waals surface area (Å²) in [6.45, 7) is 5.64. The molecule has 1 rings (SSSR count). The predicted molar refractivity (Wildman–Crippen MR) is 63.8 cm³/mol. The summed E-state index contributed by atoms with van der Waals surface area (Å²) < 4.78 is 4.97. The van der Waals surface area contributed by atoms with E-state index in [4.69, 9.17) is 9.84 Å². The van der Waals surface area contributed by atoms with Crippen LogP contribution in [0.5, 0.6) is 0 Å². The number of hydrogen-bond acceptors (Lipinski definition) is 4. The van der Waals surface area contributed by atoms with Crippen LogP contribution in [0.4, 0.5) is 0 Å². The van der Waals surface area contributed by atoms with E-state index in [2.05, 4.69) is 11.9 Å². The number of thiophene rings is 1. The Morgan fingerprint density at radius 3 is 3.12 bits per heavy atom. The van der Waals surface area contributed by atoms with E-state index >= 15 is 0 Å². The van der Waals surface area contributed by atoms with Gasteiger partial charge in [0.2, 0.25) is 0 Å². The molecule has 0 spiro atoms.